The Balaban J connectivity index is 1.59. The van der Waals surface area contributed by atoms with Gasteiger partial charge in [-0.25, -0.2) is 4.98 Å². The second-order valence-corrected chi connectivity index (χ2v) is 5.56. The lowest BCUT2D eigenvalue weighted by atomic mass is 10.0. The molecule has 6 nitrogen and oxygen atoms in total. The van der Waals surface area contributed by atoms with Crippen LogP contribution in [0.1, 0.15) is 23.3 Å². The summed E-state index contributed by atoms with van der Waals surface area (Å²) in [4.78, 5) is 31.3. The fraction of sp³-hybridized carbons (Fsp3) is 0.615. The van der Waals surface area contributed by atoms with Crippen molar-refractivity contribution in [3.8, 4) is 0 Å². The molecule has 0 aromatic carbocycles. The van der Waals surface area contributed by atoms with Gasteiger partial charge in [0.15, 0.2) is 5.78 Å². The topological polar surface area (TPSA) is 86.3 Å². The number of aromatic nitrogens is 2. The number of aliphatic hydroxyl groups excluding tert-OH is 1. The second kappa shape index (κ2) is 4.86. The van der Waals surface area contributed by atoms with Crippen molar-refractivity contribution in [2.45, 2.75) is 18.9 Å². The number of rotatable bonds is 3. The molecular weight excluding hydrogens is 246 g/mol. The van der Waals surface area contributed by atoms with E-state index in [9.17, 15) is 14.7 Å². The van der Waals surface area contributed by atoms with Gasteiger partial charge in [0, 0.05) is 19.3 Å². The first kappa shape index (κ1) is 12.5. The molecule has 2 N–H and O–H groups in total. The number of carbonyl (C=O) groups is 1. The van der Waals surface area contributed by atoms with E-state index in [1.165, 1.54) is 6.20 Å². The Kier molecular flexibility index (Phi) is 3.20. The van der Waals surface area contributed by atoms with Gasteiger partial charge >= 0.3 is 0 Å². The molecular formula is C13H17N3O3. The van der Waals surface area contributed by atoms with Crippen LogP contribution >= 0.6 is 0 Å². The van der Waals surface area contributed by atoms with E-state index >= 15 is 0 Å². The Labute approximate surface area is 110 Å². The second-order valence-electron chi connectivity index (χ2n) is 5.56. The number of nitrogens with one attached hydrogen (secondary N) is 1. The summed E-state index contributed by atoms with van der Waals surface area (Å²) < 4.78 is 0. The third-order valence-corrected chi connectivity index (χ3v) is 4.13. The molecule has 0 bridgehead atoms. The smallest absolute Gasteiger partial charge is 0.266 e. The number of H-pyrrole nitrogens is 1. The van der Waals surface area contributed by atoms with E-state index in [0.717, 1.165) is 32.1 Å². The average molecular weight is 263 g/mol. The Hall–Kier alpha value is -1.53. The SMILES string of the molecule is O=C(CN1C[C@H]2CC(O)C[C@H]2C1)c1c[nH]c(=O)cn1. The quantitative estimate of drug-likeness (QED) is 0.728. The van der Waals surface area contributed by atoms with Gasteiger partial charge in [0.2, 0.25) is 0 Å². The van der Waals surface area contributed by atoms with Crippen molar-refractivity contribution in [2.24, 2.45) is 11.8 Å². The normalized spacial score (nSPS) is 30.5. The van der Waals surface area contributed by atoms with Crippen LogP contribution in [-0.4, -0.2) is 51.5 Å². The van der Waals surface area contributed by atoms with E-state index in [-0.39, 0.29) is 17.4 Å². The van der Waals surface area contributed by atoms with E-state index in [4.69, 9.17) is 0 Å². The molecule has 2 aliphatic rings. The third-order valence-electron chi connectivity index (χ3n) is 4.13. The van der Waals surface area contributed by atoms with Crippen molar-refractivity contribution in [3.05, 3.63) is 28.4 Å². The van der Waals surface area contributed by atoms with Gasteiger partial charge in [-0.3, -0.25) is 14.5 Å². The zero-order valence-electron chi connectivity index (χ0n) is 10.6. The number of hydrogen-bond acceptors (Lipinski definition) is 5. The Morgan fingerprint density at radius 2 is 2.11 bits per heavy atom. The number of Topliss-reactive ketones (excluding diaryl/α,β-unsaturated/α-hetero) is 1. The Morgan fingerprint density at radius 3 is 2.68 bits per heavy atom. The summed E-state index contributed by atoms with van der Waals surface area (Å²) in [5.41, 5.74) is -0.00191. The summed E-state index contributed by atoms with van der Waals surface area (Å²) >= 11 is 0. The number of nitrogens with zero attached hydrogens (tertiary/aromatic N) is 2. The minimum absolute atomic E-state index is 0.0724. The molecule has 1 saturated carbocycles. The molecule has 1 aromatic rings. The summed E-state index contributed by atoms with van der Waals surface area (Å²) in [5, 5.41) is 9.58. The van der Waals surface area contributed by atoms with E-state index in [2.05, 4.69) is 14.9 Å². The summed E-state index contributed by atoms with van der Waals surface area (Å²) in [6, 6.07) is 0. The predicted octanol–water partition coefficient (Wildman–Crippen LogP) is -0.345. The molecule has 19 heavy (non-hydrogen) atoms. The van der Waals surface area contributed by atoms with Crippen LogP contribution in [0.25, 0.3) is 0 Å². The molecule has 1 aliphatic heterocycles. The van der Waals surface area contributed by atoms with Crippen LogP contribution < -0.4 is 5.56 Å². The molecule has 0 spiro atoms. The van der Waals surface area contributed by atoms with Gasteiger partial charge in [-0.05, 0) is 24.7 Å². The minimum Gasteiger partial charge on any atom is -0.393 e. The number of ketones is 1. The van der Waals surface area contributed by atoms with Gasteiger partial charge in [0.05, 0.1) is 18.8 Å². The molecule has 3 rings (SSSR count). The highest BCUT2D eigenvalue weighted by Gasteiger charge is 2.40. The van der Waals surface area contributed by atoms with Crippen LogP contribution in [0.3, 0.4) is 0 Å². The maximum Gasteiger partial charge on any atom is 0.266 e. The first-order valence-corrected chi connectivity index (χ1v) is 6.60. The molecule has 2 fully saturated rings. The van der Waals surface area contributed by atoms with Crippen LogP contribution in [0.2, 0.25) is 0 Å². The highest BCUT2D eigenvalue weighted by Crippen LogP contribution is 2.37. The fourth-order valence-corrected chi connectivity index (χ4v) is 3.27. The van der Waals surface area contributed by atoms with Crippen LogP contribution in [0, 0.1) is 11.8 Å². The maximum absolute atomic E-state index is 12.0. The molecule has 1 aromatic heterocycles. The third kappa shape index (κ3) is 2.59. The van der Waals surface area contributed by atoms with Crippen LogP contribution in [0.15, 0.2) is 17.2 Å². The Bertz CT molecular complexity index is 508. The Morgan fingerprint density at radius 1 is 1.42 bits per heavy atom. The highest BCUT2D eigenvalue weighted by atomic mass is 16.3. The van der Waals surface area contributed by atoms with Crippen molar-refractivity contribution in [1.29, 1.82) is 0 Å². The van der Waals surface area contributed by atoms with E-state index in [1.54, 1.807) is 0 Å². The summed E-state index contributed by atoms with van der Waals surface area (Å²) in [6.07, 6.45) is 4.04. The number of aliphatic hydroxyl groups is 1. The van der Waals surface area contributed by atoms with E-state index < -0.39 is 0 Å². The molecule has 1 aliphatic carbocycles. The van der Waals surface area contributed by atoms with Crippen molar-refractivity contribution < 1.29 is 9.90 Å². The lowest BCUT2D eigenvalue weighted by Crippen LogP contribution is -2.30. The first-order valence-electron chi connectivity index (χ1n) is 6.60. The van der Waals surface area contributed by atoms with Crippen molar-refractivity contribution in [1.82, 2.24) is 14.9 Å². The molecule has 0 radical (unpaired) electrons. The van der Waals surface area contributed by atoms with Crippen LogP contribution in [0.4, 0.5) is 0 Å². The van der Waals surface area contributed by atoms with Gasteiger partial charge in [-0.1, -0.05) is 0 Å². The van der Waals surface area contributed by atoms with Gasteiger partial charge in [0.25, 0.3) is 5.56 Å². The zero-order valence-corrected chi connectivity index (χ0v) is 10.6. The van der Waals surface area contributed by atoms with Crippen LogP contribution in [0.5, 0.6) is 0 Å². The number of likely N-dealkylation sites (tertiary alicyclic amines) is 1. The molecule has 2 heterocycles. The average Bonchev–Trinajstić information content (AvgIpc) is 2.86. The first-order chi connectivity index (χ1) is 9.11. The summed E-state index contributed by atoms with van der Waals surface area (Å²) in [6.45, 7) is 2.08. The van der Waals surface area contributed by atoms with Crippen molar-refractivity contribution >= 4 is 5.78 Å². The molecule has 3 atom stereocenters. The zero-order chi connectivity index (χ0) is 13.4. The minimum atomic E-state index is -0.304. The van der Waals surface area contributed by atoms with Gasteiger partial charge in [-0.15, -0.1) is 0 Å². The number of aromatic amines is 1. The molecule has 6 heteroatoms. The monoisotopic (exact) mass is 263 g/mol. The molecule has 0 amide bonds. The predicted molar refractivity (Wildman–Crippen MR) is 67.8 cm³/mol. The lowest BCUT2D eigenvalue weighted by molar-refractivity contribution is 0.0929. The van der Waals surface area contributed by atoms with Crippen molar-refractivity contribution in [3.63, 3.8) is 0 Å². The van der Waals surface area contributed by atoms with Crippen molar-refractivity contribution in [2.75, 3.05) is 19.6 Å². The largest absolute Gasteiger partial charge is 0.393 e. The number of carbonyl (C=O) groups excluding carboxylic acids is 1. The molecule has 102 valence electrons. The molecule has 1 unspecified atom stereocenters. The van der Waals surface area contributed by atoms with E-state index in [1.807, 2.05) is 0 Å². The standard InChI is InChI=1S/C13H17N3O3/c17-10-1-8-5-16(6-9(8)2-10)7-12(18)11-3-15-13(19)4-14-11/h3-4,8-10,17H,1-2,5-7H2,(H,15,19)/t8-,9+,10?. The highest BCUT2D eigenvalue weighted by molar-refractivity contribution is 5.95. The van der Waals surface area contributed by atoms with E-state index in [0.29, 0.717) is 24.1 Å². The van der Waals surface area contributed by atoms with Gasteiger partial charge < -0.3 is 10.1 Å². The number of fused-ring (bicyclic) bond motifs is 1. The van der Waals surface area contributed by atoms with Gasteiger partial charge in [-0.2, -0.15) is 0 Å². The summed E-state index contributed by atoms with van der Waals surface area (Å²) in [5.74, 6) is 0.967. The lowest BCUT2D eigenvalue weighted by Gasteiger charge is -2.16. The fourth-order valence-electron chi connectivity index (χ4n) is 3.27. The van der Waals surface area contributed by atoms with Gasteiger partial charge in [0.1, 0.15) is 5.69 Å². The van der Waals surface area contributed by atoms with Crippen LogP contribution in [-0.2, 0) is 0 Å². The summed E-state index contributed by atoms with van der Waals surface area (Å²) in [7, 11) is 0. The number of hydrogen-bond donors (Lipinski definition) is 2. The maximum atomic E-state index is 12.0. The molecule has 1 saturated heterocycles.